The second-order valence-electron chi connectivity index (χ2n) is 5.48. The van der Waals surface area contributed by atoms with E-state index < -0.39 is 5.91 Å². The second kappa shape index (κ2) is 8.62. The molecule has 7 heteroatoms. The van der Waals surface area contributed by atoms with Crippen LogP contribution in [0.3, 0.4) is 0 Å². The van der Waals surface area contributed by atoms with Crippen LogP contribution in [0.1, 0.15) is 52.2 Å². The molecule has 3 N–H and O–H groups in total. The van der Waals surface area contributed by atoms with Gasteiger partial charge in [-0.3, -0.25) is 9.59 Å². The van der Waals surface area contributed by atoms with Crippen molar-refractivity contribution in [3.63, 3.8) is 0 Å². The van der Waals surface area contributed by atoms with E-state index in [1.807, 2.05) is 13.0 Å². The van der Waals surface area contributed by atoms with Gasteiger partial charge in [0.25, 0.3) is 5.91 Å². The molecule has 2 aromatic rings. The SMILES string of the molecule is CCOc1nc(C(=O)NCc2ccc(C(=O)CC)cc2)cc(N)c1C#N. The molecule has 0 saturated heterocycles. The molecular formula is C19H20N4O3. The lowest BCUT2D eigenvalue weighted by molar-refractivity contribution is 0.0943. The van der Waals surface area contributed by atoms with E-state index in [2.05, 4.69) is 10.3 Å². The first-order valence-corrected chi connectivity index (χ1v) is 8.23. The molecule has 0 atom stereocenters. The molecule has 7 nitrogen and oxygen atoms in total. The van der Waals surface area contributed by atoms with Crippen LogP contribution < -0.4 is 15.8 Å². The summed E-state index contributed by atoms with van der Waals surface area (Å²) in [6.45, 7) is 4.13. The highest BCUT2D eigenvalue weighted by atomic mass is 16.5. The van der Waals surface area contributed by atoms with Crippen molar-refractivity contribution in [1.29, 1.82) is 5.26 Å². The highest BCUT2D eigenvalue weighted by Crippen LogP contribution is 2.22. The van der Waals surface area contributed by atoms with E-state index >= 15 is 0 Å². The van der Waals surface area contributed by atoms with Crippen LogP contribution in [0, 0.1) is 11.3 Å². The van der Waals surface area contributed by atoms with E-state index in [9.17, 15) is 9.59 Å². The Labute approximate surface area is 151 Å². The van der Waals surface area contributed by atoms with E-state index in [-0.39, 0.29) is 35.2 Å². The van der Waals surface area contributed by atoms with Gasteiger partial charge in [0.1, 0.15) is 17.3 Å². The number of amides is 1. The molecule has 0 fully saturated rings. The minimum absolute atomic E-state index is 0.0441. The third-order valence-electron chi connectivity index (χ3n) is 3.69. The van der Waals surface area contributed by atoms with Gasteiger partial charge < -0.3 is 15.8 Å². The van der Waals surface area contributed by atoms with Crippen molar-refractivity contribution in [3.05, 3.63) is 52.7 Å². The number of nitrogens with one attached hydrogen (secondary N) is 1. The zero-order valence-corrected chi connectivity index (χ0v) is 14.7. The molecule has 26 heavy (non-hydrogen) atoms. The van der Waals surface area contributed by atoms with Crippen LogP contribution in [-0.4, -0.2) is 23.3 Å². The third kappa shape index (κ3) is 4.36. The monoisotopic (exact) mass is 352 g/mol. The van der Waals surface area contributed by atoms with Crippen molar-refractivity contribution in [2.75, 3.05) is 12.3 Å². The number of anilines is 1. The fourth-order valence-corrected chi connectivity index (χ4v) is 2.30. The molecule has 0 aliphatic heterocycles. The number of carbonyl (C=O) groups is 2. The Hall–Kier alpha value is -3.40. The Morgan fingerprint density at radius 3 is 2.54 bits per heavy atom. The summed E-state index contributed by atoms with van der Waals surface area (Å²) in [4.78, 5) is 28.0. The average Bonchev–Trinajstić information content (AvgIpc) is 2.66. The fraction of sp³-hybridized carbons (Fsp3) is 0.263. The van der Waals surface area contributed by atoms with Gasteiger partial charge in [-0.15, -0.1) is 0 Å². The van der Waals surface area contributed by atoms with Crippen molar-refractivity contribution >= 4 is 17.4 Å². The Kier molecular flexibility index (Phi) is 6.28. The van der Waals surface area contributed by atoms with Crippen molar-refractivity contribution in [3.8, 4) is 11.9 Å². The number of nitriles is 1. The maximum absolute atomic E-state index is 12.3. The minimum atomic E-state index is -0.434. The van der Waals surface area contributed by atoms with Crippen LogP contribution in [0.5, 0.6) is 5.88 Å². The van der Waals surface area contributed by atoms with E-state index in [1.165, 1.54) is 6.07 Å². The summed E-state index contributed by atoms with van der Waals surface area (Å²) in [5.41, 5.74) is 7.62. The summed E-state index contributed by atoms with van der Waals surface area (Å²) in [7, 11) is 0. The Morgan fingerprint density at radius 2 is 1.96 bits per heavy atom. The number of hydrogen-bond acceptors (Lipinski definition) is 6. The minimum Gasteiger partial charge on any atom is -0.477 e. The molecule has 2 rings (SSSR count). The van der Waals surface area contributed by atoms with Crippen LogP contribution in [-0.2, 0) is 6.54 Å². The number of nitrogens with zero attached hydrogens (tertiary/aromatic N) is 2. The van der Waals surface area contributed by atoms with E-state index in [1.54, 1.807) is 31.2 Å². The number of pyridine rings is 1. The highest BCUT2D eigenvalue weighted by Gasteiger charge is 2.16. The summed E-state index contributed by atoms with van der Waals surface area (Å²) in [5, 5.41) is 11.8. The predicted octanol–water partition coefficient (Wildman–Crippen LogP) is 2.46. The molecular weight excluding hydrogens is 332 g/mol. The van der Waals surface area contributed by atoms with Gasteiger partial charge in [0.15, 0.2) is 5.78 Å². The van der Waals surface area contributed by atoms with Crippen molar-refractivity contribution in [2.24, 2.45) is 0 Å². The quantitative estimate of drug-likeness (QED) is 0.739. The normalized spacial score (nSPS) is 10.0. The first kappa shape index (κ1) is 18.9. The van der Waals surface area contributed by atoms with Gasteiger partial charge in [0.05, 0.1) is 12.3 Å². The Bertz CT molecular complexity index is 854. The van der Waals surface area contributed by atoms with E-state index in [4.69, 9.17) is 15.7 Å². The van der Waals surface area contributed by atoms with E-state index in [0.717, 1.165) is 5.56 Å². The lowest BCUT2D eigenvalue weighted by Crippen LogP contribution is -2.24. The number of rotatable bonds is 7. The average molecular weight is 352 g/mol. The van der Waals surface area contributed by atoms with Crippen molar-refractivity contribution in [1.82, 2.24) is 10.3 Å². The number of hydrogen-bond donors (Lipinski definition) is 2. The highest BCUT2D eigenvalue weighted by molar-refractivity contribution is 5.96. The first-order chi connectivity index (χ1) is 12.5. The van der Waals surface area contributed by atoms with Crippen LogP contribution in [0.25, 0.3) is 0 Å². The Balaban J connectivity index is 2.10. The smallest absolute Gasteiger partial charge is 0.270 e. The number of ketones is 1. The number of benzene rings is 1. The van der Waals surface area contributed by atoms with Crippen LogP contribution in [0.4, 0.5) is 5.69 Å². The molecule has 1 amide bonds. The van der Waals surface area contributed by atoms with Gasteiger partial charge in [-0.25, -0.2) is 4.98 Å². The number of carbonyl (C=O) groups excluding carboxylic acids is 2. The number of Topliss-reactive ketones (excluding diaryl/α,β-unsaturated/α-hetero) is 1. The van der Waals surface area contributed by atoms with Gasteiger partial charge in [-0.2, -0.15) is 5.26 Å². The molecule has 0 aliphatic carbocycles. The maximum Gasteiger partial charge on any atom is 0.270 e. The summed E-state index contributed by atoms with van der Waals surface area (Å²) < 4.78 is 5.28. The van der Waals surface area contributed by atoms with Gasteiger partial charge in [0.2, 0.25) is 5.88 Å². The summed E-state index contributed by atoms with van der Waals surface area (Å²) in [6, 6.07) is 10.3. The van der Waals surface area contributed by atoms with Crippen LogP contribution in [0.2, 0.25) is 0 Å². The summed E-state index contributed by atoms with van der Waals surface area (Å²) in [6.07, 6.45) is 0.448. The first-order valence-electron chi connectivity index (χ1n) is 8.23. The van der Waals surface area contributed by atoms with Gasteiger partial charge >= 0.3 is 0 Å². The molecule has 0 spiro atoms. The molecule has 1 heterocycles. The lowest BCUT2D eigenvalue weighted by Gasteiger charge is -2.10. The van der Waals surface area contributed by atoms with Crippen molar-refractivity contribution in [2.45, 2.75) is 26.8 Å². The molecule has 0 bridgehead atoms. The largest absolute Gasteiger partial charge is 0.477 e. The second-order valence-corrected chi connectivity index (χ2v) is 5.48. The number of nitrogen functional groups attached to an aromatic ring is 1. The lowest BCUT2D eigenvalue weighted by atomic mass is 10.1. The maximum atomic E-state index is 12.3. The summed E-state index contributed by atoms with van der Waals surface area (Å²) >= 11 is 0. The number of nitrogens with two attached hydrogens (primary N) is 1. The van der Waals surface area contributed by atoms with Gasteiger partial charge in [-0.05, 0) is 18.6 Å². The fourth-order valence-electron chi connectivity index (χ4n) is 2.30. The molecule has 0 radical (unpaired) electrons. The predicted molar refractivity (Wildman–Crippen MR) is 96.8 cm³/mol. The van der Waals surface area contributed by atoms with Crippen LogP contribution in [0.15, 0.2) is 30.3 Å². The molecule has 0 saturated carbocycles. The topological polar surface area (TPSA) is 118 Å². The summed E-state index contributed by atoms with van der Waals surface area (Å²) in [5.74, 6) is -0.320. The molecule has 1 aromatic heterocycles. The zero-order valence-electron chi connectivity index (χ0n) is 14.7. The number of ether oxygens (including phenoxy) is 1. The van der Waals surface area contributed by atoms with Gasteiger partial charge in [0, 0.05) is 18.5 Å². The number of aromatic nitrogens is 1. The molecule has 0 unspecified atom stereocenters. The molecule has 1 aromatic carbocycles. The van der Waals surface area contributed by atoms with E-state index in [0.29, 0.717) is 18.6 Å². The molecule has 134 valence electrons. The van der Waals surface area contributed by atoms with Crippen molar-refractivity contribution < 1.29 is 14.3 Å². The zero-order chi connectivity index (χ0) is 19.1. The standard InChI is InChI=1S/C19H20N4O3/c1-3-17(24)13-7-5-12(6-8-13)11-22-18(25)16-9-15(21)14(10-20)19(23-16)26-4-2/h5-9H,3-4,11H2,1-2H3,(H2,21,23)(H,22,25). The Morgan fingerprint density at radius 1 is 1.27 bits per heavy atom. The third-order valence-corrected chi connectivity index (χ3v) is 3.69. The van der Waals surface area contributed by atoms with Crippen LogP contribution >= 0.6 is 0 Å². The van der Waals surface area contributed by atoms with Gasteiger partial charge in [-0.1, -0.05) is 31.2 Å². The molecule has 0 aliphatic rings.